The molecular weight excluding hydrogens is 280 g/mol. The molecule has 1 aliphatic rings. The molecule has 0 unspecified atom stereocenters. The number of nitrogens with zero attached hydrogens (tertiary/aromatic N) is 1. The molecular formula is C15H13F2NO3. The smallest absolute Gasteiger partial charge is 0.343 e. The quantitative estimate of drug-likeness (QED) is 0.817. The van der Waals surface area contributed by atoms with E-state index in [9.17, 15) is 18.4 Å². The maximum Gasteiger partial charge on any atom is 0.343 e. The monoisotopic (exact) mass is 293 g/mol. The van der Waals surface area contributed by atoms with Gasteiger partial charge in [-0.3, -0.25) is 4.79 Å². The molecule has 3 rings (SSSR count). The Morgan fingerprint density at radius 1 is 1.48 bits per heavy atom. The first-order valence-corrected chi connectivity index (χ1v) is 6.68. The Balaban J connectivity index is 2.27. The highest BCUT2D eigenvalue weighted by Crippen LogP contribution is 2.40. The van der Waals surface area contributed by atoms with Crippen LogP contribution >= 0.6 is 0 Å². The largest absolute Gasteiger partial charge is 0.462 e. The lowest BCUT2D eigenvalue weighted by atomic mass is 10.1. The van der Waals surface area contributed by atoms with Crippen LogP contribution in [0.1, 0.15) is 29.7 Å². The number of hydrogen-bond donors (Lipinski definition) is 0. The summed E-state index contributed by atoms with van der Waals surface area (Å²) in [6, 6.07) is 3.16. The lowest BCUT2D eigenvalue weighted by molar-refractivity contribution is 0.0524. The van der Waals surface area contributed by atoms with Gasteiger partial charge < -0.3 is 9.30 Å². The number of carbonyl (C=O) groups excluding carboxylic acids is 1. The van der Waals surface area contributed by atoms with Crippen LogP contribution in [0.25, 0.3) is 10.9 Å². The van der Waals surface area contributed by atoms with E-state index in [2.05, 4.69) is 0 Å². The molecule has 4 nitrogen and oxygen atoms in total. The standard InChI is InChI=1S/C15H13F2NO3/c1-2-21-15(20)10-7-18(13-6-11(13)17)12-5-8(16)3-4-9(12)14(10)19/h3-5,7,11,13H,2,6H2,1H3/t11-,13+/m0/s1. The fourth-order valence-corrected chi connectivity index (χ4v) is 2.39. The summed E-state index contributed by atoms with van der Waals surface area (Å²) in [5.74, 6) is -1.27. The van der Waals surface area contributed by atoms with Crippen LogP contribution < -0.4 is 5.43 Å². The van der Waals surface area contributed by atoms with Gasteiger partial charge in [-0.15, -0.1) is 0 Å². The summed E-state index contributed by atoms with van der Waals surface area (Å²) in [4.78, 5) is 24.2. The third kappa shape index (κ3) is 2.30. The second-order valence-electron chi connectivity index (χ2n) is 4.98. The second kappa shape index (κ2) is 4.95. The van der Waals surface area contributed by atoms with Crippen LogP contribution in [-0.4, -0.2) is 23.3 Å². The molecule has 1 saturated carbocycles. The number of hydrogen-bond acceptors (Lipinski definition) is 3. The van der Waals surface area contributed by atoms with E-state index in [-0.39, 0.29) is 29.5 Å². The highest BCUT2D eigenvalue weighted by Gasteiger charge is 2.40. The highest BCUT2D eigenvalue weighted by molar-refractivity contribution is 5.93. The Morgan fingerprint density at radius 3 is 2.81 bits per heavy atom. The molecule has 0 radical (unpaired) electrons. The van der Waals surface area contributed by atoms with Crippen LogP contribution in [0.2, 0.25) is 0 Å². The van der Waals surface area contributed by atoms with Crippen LogP contribution in [0, 0.1) is 5.82 Å². The zero-order chi connectivity index (χ0) is 15.1. The molecule has 110 valence electrons. The third-order valence-corrected chi connectivity index (χ3v) is 3.53. The van der Waals surface area contributed by atoms with Gasteiger partial charge in [0.25, 0.3) is 0 Å². The predicted octanol–water partition coefficient (Wildman–Crippen LogP) is 2.60. The number of alkyl halides is 1. The van der Waals surface area contributed by atoms with Gasteiger partial charge in [0.2, 0.25) is 5.43 Å². The van der Waals surface area contributed by atoms with Gasteiger partial charge in [0.05, 0.1) is 18.2 Å². The first-order valence-electron chi connectivity index (χ1n) is 6.68. The van der Waals surface area contributed by atoms with Crippen molar-refractivity contribution in [2.24, 2.45) is 0 Å². The molecule has 1 heterocycles. The molecule has 0 spiro atoms. The summed E-state index contributed by atoms with van der Waals surface area (Å²) in [6.07, 6.45) is 0.511. The average molecular weight is 293 g/mol. The minimum absolute atomic E-state index is 0.134. The summed E-state index contributed by atoms with van der Waals surface area (Å²) < 4.78 is 33.1. The number of ether oxygens (including phenoxy) is 1. The van der Waals surface area contributed by atoms with Crippen molar-refractivity contribution in [3.63, 3.8) is 0 Å². The van der Waals surface area contributed by atoms with Crippen LogP contribution in [0.15, 0.2) is 29.2 Å². The fraction of sp³-hybridized carbons (Fsp3) is 0.333. The van der Waals surface area contributed by atoms with Gasteiger partial charge >= 0.3 is 5.97 Å². The minimum atomic E-state index is -1.05. The molecule has 21 heavy (non-hydrogen) atoms. The molecule has 0 aliphatic heterocycles. The molecule has 0 bridgehead atoms. The number of esters is 1. The van der Waals surface area contributed by atoms with Gasteiger partial charge in [0.15, 0.2) is 0 Å². The first kappa shape index (κ1) is 13.7. The molecule has 2 aromatic rings. The van der Waals surface area contributed by atoms with Crippen LogP contribution in [-0.2, 0) is 4.74 Å². The Hall–Kier alpha value is -2.24. The van der Waals surface area contributed by atoms with Crippen molar-refractivity contribution in [1.82, 2.24) is 4.57 Å². The van der Waals surface area contributed by atoms with Gasteiger partial charge in [-0.25, -0.2) is 13.6 Å². The fourth-order valence-electron chi connectivity index (χ4n) is 2.39. The molecule has 2 atom stereocenters. The van der Waals surface area contributed by atoms with Crippen molar-refractivity contribution < 1.29 is 18.3 Å². The van der Waals surface area contributed by atoms with E-state index in [1.165, 1.54) is 22.9 Å². The molecule has 1 aromatic carbocycles. The zero-order valence-corrected chi connectivity index (χ0v) is 11.3. The number of fused-ring (bicyclic) bond motifs is 1. The predicted molar refractivity (Wildman–Crippen MR) is 72.7 cm³/mol. The molecule has 0 amide bonds. The maximum absolute atomic E-state index is 13.4. The van der Waals surface area contributed by atoms with E-state index < -0.39 is 29.4 Å². The number of pyridine rings is 1. The SMILES string of the molecule is CCOC(=O)c1cn([C@@H]2C[C@@H]2F)c2cc(F)ccc2c1=O. The molecule has 1 aliphatic carbocycles. The van der Waals surface area contributed by atoms with Crippen LogP contribution in [0.3, 0.4) is 0 Å². The first-order chi connectivity index (χ1) is 10.0. The Morgan fingerprint density at radius 2 is 2.19 bits per heavy atom. The molecule has 0 saturated heterocycles. The van der Waals surface area contributed by atoms with Crippen molar-refractivity contribution in [1.29, 1.82) is 0 Å². The number of carbonyl (C=O) groups is 1. The maximum atomic E-state index is 13.4. The van der Waals surface area contributed by atoms with Crippen LogP contribution in [0.4, 0.5) is 8.78 Å². The molecule has 1 fully saturated rings. The van der Waals surface area contributed by atoms with Crippen molar-refractivity contribution >= 4 is 16.9 Å². The van der Waals surface area contributed by atoms with E-state index in [1.54, 1.807) is 6.92 Å². The van der Waals surface area contributed by atoms with E-state index in [4.69, 9.17) is 4.74 Å². The van der Waals surface area contributed by atoms with Gasteiger partial charge in [0, 0.05) is 18.0 Å². The average Bonchev–Trinajstić information content (AvgIpc) is 3.16. The number of rotatable bonds is 3. The van der Waals surface area contributed by atoms with Gasteiger partial charge in [0.1, 0.15) is 17.6 Å². The van der Waals surface area contributed by atoms with E-state index >= 15 is 0 Å². The Kier molecular flexibility index (Phi) is 3.23. The van der Waals surface area contributed by atoms with Crippen molar-refractivity contribution in [2.45, 2.75) is 25.6 Å². The molecule has 1 aromatic heterocycles. The van der Waals surface area contributed by atoms with Gasteiger partial charge in [-0.1, -0.05) is 0 Å². The Labute approximate surface area is 118 Å². The summed E-state index contributed by atoms with van der Waals surface area (Å²) >= 11 is 0. The van der Waals surface area contributed by atoms with E-state index in [1.807, 2.05) is 0 Å². The summed E-state index contributed by atoms with van der Waals surface area (Å²) in [5, 5.41) is 0.182. The normalized spacial score (nSPS) is 20.5. The van der Waals surface area contributed by atoms with E-state index in [0.717, 1.165) is 6.07 Å². The number of halogens is 2. The third-order valence-electron chi connectivity index (χ3n) is 3.53. The second-order valence-corrected chi connectivity index (χ2v) is 4.98. The molecule has 0 N–H and O–H groups in total. The van der Waals surface area contributed by atoms with Crippen molar-refractivity contribution in [2.75, 3.05) is 6.61 Å². The van der Waals surface area contributed by atoms with Crippen LogP contribution in [0.5, 0.6) is 0 Å². The zero-order valence-electron chi connectivity index (χ0n) is 11.3. The number of aromatic nitrogens is 1. The minimum Gasteiger partial charge on any atom is -0.462 e. The summed E-state index contributed by atoms with van der Waals surface area (Å²) in [7, 11) is 0. The molecule has 6 heteroatoms. The van der Waals surface area contributed by atoms with Crippen molar-refractivity contribution in [3.05, 3.63) is 46.0 Å². The van der Waals surface area contributed by atoms with Crippen molar-refractivity contribution in [3.8, 4) is 0 Å². The number of benzene rings is 1. The van der Waals surface area contributed by atoms with E-state index in [0.29, 0.717) is 0 Å². The highest BCUT2D eigenvalue weighted by atomic mass is 19.1. The summed E-state index contributed by atoms with van der Waals surface area (Å²) in [5.41, 5.74) is -0.399. The van der Waals surface area contributed by atoms with Gasteiger partial charge in [-0.2, -0.15) is 0 Å². The Bertz CT molecular complexity index is 784. The lowest BCUT2D eigenvalue weighted by Crippen LogP contribution is -2.21. The topological polar surface area (TPSA) is 48.3 Å². The lowest BCUT2D eigenvalue weighted by Gasteiger charge is -2.12. The summed E-state index contributed by atoms with van der Waals surface area (Å²) in [6.45, 7) is 1.76. The van der Waals surface area contributed by atoms with Gasteiger partial charge in [-0.05, 0) is 25.1 Å².